The van der Waals surface area contributed by atoms with E-state index in [4.69, 9.17) is 22.9 Å². The molecule has 4 atom stereocenters. The number of hydrogen-bond acceptors (Lipinski definition) is 9. The molecule has 0 saturated heterocycles. The largest absolute Gasteiger partial charge is 0.480 e. The van der Waals surface area contributed by atoms with Crippen LogP contribution in [0.5, 0.6) is 0 Å². The number of aliphatic carboxylic acids is 1. The third-order valence-electron chi connectivity index (χ3n) is 4.18. The Morgan fingerprint density at radius 3 is 1.55 bits per heavy atom. The number of nitrogens with one attached hydrogen (secondary N) is 3. The van der Waals surface area contributed by atoms with E-state index in [2.05, 4.69) is 28.6 Å². The molecule has 12 N–H and O–H groups in total. The van der Waals surface area contributed by atoms with Crippen LogP contribution >= 0.6 is 12.6 Å². The van der Waals surface area contributed by atoms with Crippen molar-refractivity contribution in [2.24, 2.45) is 22.9 Å². The van der Waals surface area contributed by atoms with Gasteiger partial charge in [0.2, 0.25) is 35.4 Å². The van der Waals surface area contributed by atoms with Crippen LogP contribution in [0.2, 0.25) is 0 Å². The number of amides is 6. The minimum atomic E-state index is -1.50. The van der Waals surface area contributed by atoms with E-state index >= 15 is 0 Å². The first-order valence-corrected chi connectivity index (χ1v) is 10.3. The molecular weight excluding hydrogens is 462 g/mol. The Bertz CT molecular complexity index is 778. The van der Waals surface area contributed by atoms with Crippen LogP contribution in [0.25, 0.3) is 0 Å². The van der Waals surface area contributed by atoms with Crippen LogP contribution < -0.4 is 38.9 Å². The fraction of sp³-hybridized carbons (Fsp3) is 0.588. The minimum Gasteiger partial charge on any atom is -0.480 e. The molecular formula is C17H29N7O8S. The highest BCUT2D eigenvalue weighted by atomic mass is 32.1. The van der Waals surface area contributed by atoms with Crippen molar-refractivity contribution in [2.75, 3.05) is 5.75 Å². The average molecular weight is 492 g/mol. The molecule has 16 heteroatoms. The van der Waals surface area contributed by atoms with Crippen molar-refractivity contribution in [3.63, 3.8) is 0 Å². The van der Waals surface area contributed by atoms with Gasteiger partial charge in [0.15, 0.2) is 0 Å². The lowest BCUT2D eigenvalue weighted by molar-refractivity contribution is -0.142. The molecule has 15 nitrogen and oxygen atoms in total. The van der Waals surface area contributed by atoms with E-state index in [0.717, 1.165) is 0 Å². The zero-order valence-electron chi connectivity index (χ0n) is 17.6. The molecule has 0 spiro atoms. The molecule has 0 aromatic rings. The Labute approximate surface area is 194 Å². The van der Waals surface area contributed by atoms with Gasteiger partial charge in [-0.05, 0) is 12.8 Å². The highest BCUT2D eigenvalue weighted by Crippen LogP contribution is 2.04. The number of hydrogen-bond donors (Lipinski definition) is 9. The van der Waals surface area contributed by atoms with Crippen molar-refractivity contribution in [3.8, 4) is 0 Å². The van der Waals surface area contributed by atoms with Crippen LogP contribution in [-0.2, 0) is 33.6 Å². The van der Waals surface area contributed by atoms with E-state index in [1.54, 1.807) is 0 Å². The molecule has 0 aliphatic heterocycles. The predicted molar refractivity (Wildman–Crippen MR) is 116 cm³/mol. The molecule has 6 amide bonds. The Balaban J connectivity index is 5.36. The Morgan fingerprint density at radius 2 is 1.12 bits per heavy atom. The summed E-state index contributed by atoms with van der Waals surface area (Å²) in [4.78, 5) is 81.4. The molecule has 0 aliphatic rings. The summed E-state index contributed by atoms with van der Waals surface area (Å²) in [6, 6.07) is -5.54. The first-order valence-electron chi connectivity index (χ1n) is 9.63. The topological polar surface area (TPSA) is 280 Å². The van der Waals surface area contributed by atoms with Gasteiger partial charge in [0.25, 0.3) is 0 Å². The van der Waals surface area contributed by atoms with E-state index in [9.17, 15) is 38.7 Å². The second kappa shape index (κ2) is 14.6. The lowest BCUT2D eigenvalue weighted by Crippen LogP contribution is -2.58. The summed E-state index contributed by atoms with van der Waals surface area (Å²) in [7, 11) is 0. The highest BCUT2D eigenvalue weighted by molar-refractivity contribution is 7.80. The lowest BCUT2D eigenvalue weighted by Gasteiger charge is -2.24. The van der Waals surface area contributed by atoms with Crippen molar-refractivity contribution >= 4 is 54.0 Å². The third-order valence-corrected chi connectivity index (χ3v) is 4.54. The number of nitrogens with two attached hydrogens (primary N) is 4. The highest BCUT2D eigenvalue weighted by Gasteiger charge is 2.30. The number of carbonyl (C=O) groups is 7. The molecule has 0 aromatic heterocycles. The van der Waals surface area contributed by atoms with Crippen LogP contribution in [0, 0.1) is 0 Å². The van der Waals surface area contributed by atoms with E-state index in [1.807, 2.05) is 0 Å². The van der Waals surface area contributed by atoms with Gasteiger partial charge in [0, 0.05) is 18.6 Å². The third kappa shape index (κ3) is 12.3. The maximum absolute atomic E-state index is 12.6. The fourth-order valence-electron chi connectivity index (χ4n) is 2.43. The van der Waals surface area contributed by atoms with Crippen molar-refractivity contribution in [3.05, 3.63) is 0 Å². The summed E-state index contributed by atoms with van der Waals surface area (Å²) >= 11 is 3.95. The standard InChI is InChI=1S/C17H29N7O8S/c18-7(5-13(21)27)14(28)24-10(6-33)16(30)22-8(1-3-11(19)25)15(29)23-9(17(31)32)2-4-12(20)26/h7-10,33H,1-6,18H2,(H2,19,25)(H2,20,26)(H2,21,27)(H,22,30)(H,23,29)(H,24,28)(H,31,32). The smallest absolute Gasteiger partial charge is 0.326 e. The monoisotopic (exact) mass is 491 g/mol. The number of primary amides is 3. The molecule has 0 bridgehead atoms. The molecule has 0 saturated carbocycles. The van der Waals surface area contributed by atoms with E-state index in [-0.39, 0.29) is 31.4 Å². The van der Waals surface area contributed by atoms with Crippen LogP contribution in [0.4, 0.5) is 0 Å². The average Bonchev–Trinajstić information content (AvgIpc) is 2.70. The number of carboxylic acids is 1. The summed E-state index contributed by atoms with van der Waals surface area (Å²) in [6.45, 7) is 0. The van der Waals surface area contributed by atoms with Crippen molar-refractivity contribution in [1.29, 1.82) is 0 Å². The van der Waals surface area contributed by atoms with Crippen LogP contribution in [0.3, 0.4) is 0 Å². The molecule has 0 radical (unpaired) electrons. The second-order valence-electron chi connectivity index (χ2n) is 6.99. The van der Waals surface area contributed by atoms with Crippen LogP contribution in [-0.4, -0.2) is 76.4 Å². The quantitative estimate of drug-likeness (QED) is 0.0935. The molecule has 0 fully saturated rings. The van der Waals surface area contributed by atoms with Crippen molar-refractivity contribution in [1.82, 2.24) is 16.0 Å². The number of carboxylic acid groups (broad SMARTS) is 1. The normalized spacial score (nSPS) is 14.1. The fourth-order valence-corrected chi connectivity index (χ4v) is 2.68. The first kappa shape index (κ1) is 29.6. The van der Waals surface area contributed by atoms with Gasteiger partial charge in [0.1, 0.15) is 18.1 Å². The van der Waals surface area contributed by atoms with Gasteiger partial charge >= 0.3 is 5.97 Å². The molecule has 0 heterocycles. The summed E-state index contributed by atoms with van der Waals surface area (Å²) < 4.78 is 0. The predicted octanol–water partition coefficient (Wildman–Crippen LogP) is -4.81. The Hall–Kier alpha value is -3.40. The maximum atomic E-state index is 12.6. The van der Waals surface area contributed by atoms with Gasteiger partial charge in [-0.3, -0.25) is 28.8 Å². The van der Waals surface area contributed by atoms with Crippen molar-refractivity contribution < 1.29 is 38.7 Å². The number of carbonyl (C=O) groups excluding carboxylic acids is 6. The van der Waals surface area contributed by atoms with E-state index in [1.165, 1.54) is 0 Å². The van der Waals surface area contributed by atoms with Crippen LogP contribution in [0.1, 0.15) is 32.1 Å². The molecule has 0 aliphatic carbocycles. The summed E-state index contributed by atoms with van der Waals surface area (Å²) in [5.41, 5.74) is 20.5. The Morgan fingerprint density at radius 1 is 0.697 bits per heavy atom. The molecule has 0 aromatic carbocycles. The lowest BCUT2D eigenvalue weighted by atomic mass is 10.1. The second-order valence-corrected chi connectivity index (χ2v) is 7.36. The van der Waals surface area contributed by atoms with E-state index < -0.39 is 72.0 Å². The summed E-state index contributed by atoms with van der Waals surface area (Å²) in [5.74, 6) is -6.85. The number of thiol groups is 1. The zero-order chi connectivity index (χ0) is 25.7. The summed E-state index contributed by atoms with van der Waals surface area (Å²) in [5, 5.41) is 15.9. The van der Waals surface area contributed by atoms with Crippen molar-refractivity contribution in [2.45, 2.75) is 56.3 Å². The van der Waals surface area contributed by atoms with Gasteiger partial charge in [-0.1, -0.05) is 0 Å². The molecule has 0 rings (SSSR count). The number of rotatable bonds is 16. The first-order chi connectivity index (χ1) is 15.3. The summed E-state index contributed by atoms with van der Waals surface area (Å²) in [6.07, 6.45) is -1.73. The van der Waals surface area contributed by atoms with E-state index in [0.29, 0.717) is 0 Å². The van der Waals surface area contributed by atoms with Crippen LogP contribution in [0.15, 0.2) is 0 Å². The zero-order valence-corrected chi connectivity index (χ0v) is 18.5. The SMILES string of the molecule is NC(=O)CCC(NC(=O)C(CCC(N)=O)NC(=O)C(CS)NC(=O)C(N)CC(N)=O)C(=O)O. The van der Waals surface area contributed by atoms with Gasteiger partial charge in [-0.25, -0.2) is 4.79 Å². The van der Waals surface area contributed by atoms with Gasteiger partial charge < -0.3 is 44.0 Å². The van der Waals surface area contributed by atoms with Gasteiger partial charge in [-0.15, -0.1) is 0 Å². The van der Waals surface area contributed by atoms with Gasteiger partial charge in [0.05, 0.1) is 12.5 Å². The molecule has 4 unspecified atom stereocenters. The minimum absolute atomic E-state index is 0.235. The van der Waals surface area contributed by atoms with Gasteiger partial charge in [-0.2, -0.15) is 12.6 Å². The molecule has 33 heavy (non-hydrogen) atoms. The Kier molecular flexibility index (Phi) is 13.1. The maximum Gasteiger partial charge on any atom is 0.326 e. The molecule has 186 valence electrons.